The van der Waals surface area contributed by atoms with E-state index in [1.807, 2.05) is 0 Å². The van der Waals surface area contributed by atoms with Crippen LogP contribution in [-0.4, -0.2) is 18.7 Å². The third kappa shape index (κ3) is 2.34. The molecule has 0 bridgehead atoms. The first kappa shape index (κ1) is 16.0. The first-order valence-electron chi connectivity index (χ1n) is 8.48. The molecule has 0 amide bonds. The van der Waals surface area contributed by atoms with Gasteiger partial charge in [-0.15, -0.1) is 0 Å². The van der Waals surface area contributed by atoms with Gasteiger partial charge in [0.15, 0.2) is 11.5 Å². The van der Waals surface area contributed by atoms with Crippen LogP contribution in [0.25, 0.3) is 0 Å². The van der Waals surface area contributed by atoms with Gasteiger partial charge in [-0.05, 0) is 41.4 Å². The number of carbonyl (C=O) groups excluding carboxylic acids is 2. The van der Waals surface area contributed by atoms with Crippen molar-refractivity contribution in [2.75, 3.05) is 7.11 Å². The van der Waals surface area contributed by atoms with Gasteiger partial charge in [0.1, 0.15) is 0 Å². The second kappa shape index (κ2) is 5.95. The summed E-state index contributed by atoms with van der Waals surface area (Å²) in [6.45, 7) is 6.41. The maximum Gasteiger partial charge on any atom is 0.201 e. The third-order valence-corrected chi connectivity index (χ3v) is 5.65. The predicted octanol–water partition coefficient (Wildman–Crippen LogP) is 3.46. The molecule has 0 N–H and O–H groups in total. The van der Waals surface area contributed by atoms with Crippen molar-refractivity contribution in [2.45, 2.75) is 39.5 Å². The van der Waals surface area contributed by atoms with Crippen LogP contribution < -0.4 is 0 Å². The minimum atomic E-state index is -0.255. The molecule has 0 heterocycles. The molecule has 0 aliphatic heterocycles. The molecule has 1 saturated carbocycles. The molecular weight excluding hydrogens is 288 g/mol. The highest BCUT2D eigenvalue weighted by Gasteiger charge is 2.57. The standard InChI is InChI=1S/C20H24O3/c1-5-12-7-8-14(9-13(12)6-2)17-11(3)18-15(21)10-16(23-4)20(22)19(17)18/h7-11,17-19H,5-6H2,1-4H3/t11-,17+,18?,19?/m1/s1. The summed E-state index contributed by atoms with van der Waals surface area (Å²) in [6.07, 6.45) is 3.39. The van der Waals surface area contributed by atoms with Crippen LogP contribution in [0.5, 0.6) is 0 Å². The van der Waals surface area contributed by atoms with Gasteiger partial charge in [0.25, 0.3) is 0 Å². The normalized spacial score (nSPS) is 29.7. The maximum atomic E-state index is 12.6. The largest absolute Gasteiger partial charge is 0.493 e. The topological polar surface area (TPSA) is 43.4 Å². The molecule has 2 aliphatic carbocycles. The Hall–Kier alpha value is -1.90. The summed E-state index contributed by atoms with van der Waals surface area (Å²) in [5.41, 5.74) is 3.90. The van der Waals surface area contributed by atoms with Crippen LogP contribution in [0, 0.1) is 17.8 Å². The lowest BCUT2D eigenvalue weighted by Crippen LogP contribution is -2.53. The molecule has 3 heteroatoms. The Bertz CT molecular complexity index is 686. The first-order chi connectivity index (χ1) is 11.0. The van der Waals surface area contributed by atoms with Gasteiger partial charge >= 0.3 is 0 Å². The monoisotopic (exact) mass is 312 g/mol. The van der Waals surface area contributed by atoms with Crippen molar-refractivity contribution < 1.29 is 14.3 Å². The van der Waals surface area contributed by atoms with Crippen molar-refractivity contribution in [1.29, 1.82) is 0 Å². The third-order valence-electron chi connectivity index (χ3n) is 5.65. The molecule has 0 aromatic heterocycles. The van der Waals surface area contributed by atoms with Gasteiger partial charge in [-0.1, -0.05) is 39.0 Å². The smallest absolute Gasteiger partial charge is 0.201 e. The molecular formula is C20H24O3. The van der Waals surface area contributed by atoms with Gasteiger partial charge in [0.05, 0.1) is 7.11 Å². The van der Waals surface area contributed by atoms with Crippen LogP contribution in [0.1, 0.15) is 43.4 Å². The van der Waals surface area contributed by atoms with Crippen molar-refractivity contribution in [3.63, 3.8) is 0 Å². The highest BCUT2D eigenvalue weighted by molar-refractivity contribution is 6.11. The van der Waals surface area contributed by atoms with Crippen LogP contribution in [0.3, 0.4) is 0 Å². The zero-order valence-electron chi connectivity index (χ0n) is 14.3. The number of allylic oxidation sites excluding steroid dienone is 2. The number of fused-ring (bicyclic) bond motifs is 1. The average molecular weight is 312 g/mol. The van der Waals surface area contributed by atoms with Gasteiger partial charge in [-0.25, -0.2) is 0 Å². The summed E-state index contributed by atoms with van der Waals surface area (Å²) in [7, 11) is 1.46. The fraction of sp³-hybridized carbons (Fsp3) is 0.500. The van der Waals surface area contributed by atoms with E-state index in [-0.39, 0.29) is 41.0 Å². The van der Waals surface area contributed by atoms with E-state index in [0.29, 0.717) is 0 Å². The number of benzene rings is 1. The van der Waals surface area contributed by atoms with Gasteiger partial charge in [0.2, 0.25) is 5.78 Å². The van der Waals surface area contributed by atoms with E-state index >= 15 is 0 Å². The molecule has 2 unspecified atom stereocenters. The Labute approximate surface area is 137 Å². The second-order valence-electron chi connectivity index (χ2n) is 6.65. The highest BCUT2D eigenvalue weighted by Crippen LogP contribution is 2.55. The zero-order valence-corrected chi connectivity index (χ0v) is 14.3. The zero-order chi connectivity index (χ0) is 16.7. The molecule has 3 nitrogen and oxygen atoms in total. The Morgan fingerprint density at radius 1 is 1.00 bits per heavy atom. The van der Waals surface area contributed by atoms with E-state index in [1.54, 1.807) is 0 Å². The van der Waals surface area contributed by atoms with Gasteiger partial charge in [0, 0.05) is 17.9 Å². The number of hydrogen-bond donors (Lipinski definition) is 0. The fourth-order valence-corrected chi connectivity index (χ4v) is 4.38. The van der Waals surface area contributed by atoms with Gasteiger partial charge in [-0.3, -0.25) is 9.59 Å². The lowest BCUT2D eigenvalue weighted by molar-refractivity contribution is -0.144. The first-order valence-corrected chi connectivity index (χ1v) is 8.48. The van der Waals surface area contributed by atoms with E-state index < -0.39 is 0 Å². The van der Waals surface area contributed by atoms with Crippen LogP contribution >= 0.6 is 0 Å². The van der Waals surface area contributed by atoms with E-state index in [4.69, 9.17) is 4.74 Å². The van der Waals surface area contributed by atoms with Crippen LogP contribution in [0.15, 0.2) is 30.0 Å². The minimum absolute atomic E-state index is 0.0159. The summed E-state index contributed by atoms with van der Waals surface area (Å²) in [6, 6.07) is 6.55. The van der Waals surface area contributed by atoms with E-state index in [0.717, 1.165) is 12.8 Å². The summed E-state index contributed by atoms with van der Waals surface area (Å²) < 4.78 is 5.12. The van der Waals surface area contributed by atoms with E-state index in [9.17, 15) is 9.59 Å². The molecule has 1 fully saturated rings. The fourth-order valence-electron chi connectivity index (χ4n) is 4.38. The number of hydrogen-bond acceptors (Lipinski definition) is 3. The van der Waals surface area contributed by atoms with E-state index in [1.165, 1.54) is 29.9 Å². The predicted molar refractivity (Wildman–Crippen MR) is 89.2 cm³/mol. The van der Waals surface area contributed by atoms with Crippen molar-refractivity contribution in [2.24, 2.45) is 17.8 Å². The quantitative estimate of drug-likeness (QED) is 0.855. The summed E-state index contributed by atoms with van der Waals surface area (Å²) in [5, 5.41) is 0. The van der Waals surface area contributed by atoms with Gasteiger partial charge < -0.3 is 4.74 Å². The van der Waals surface area contributed by atoms with Crippen LogP contribution in [-0.2, 0) is 27.2 Å². The molecule has 0 saturated heterocycles. The molecule has 122 valence electrons. The number of Topliss-reactive ketones (excluding diaryl/α,β-unsaturated/α-hetero) is 1. The Morgan fingerprint density at radius 2 is 1.70 bits per heavy atom. The number of ketones is 2. The molecule has 0 radical (unpaired) electrons. The molecule has 0 spiro atoms. The number of rotatable bonds is 4. The summed E-state index contributed by atoms with van der Waals surface area (Å²) in [5.74, 6) is 0.120. The highest BCUT2D eigenvalue weighted by atomic mass is 16.5. The van der Waals surface area contributed by atoms with Crippen molar-refractivity contribution in [3.8, 4) is 0 Å². The average Bonchev–Trinajstić information content (AvgIpc) is 2.55. The minimum Gasteiger partial charge on any atom is -0.493 e. The summed E-state index contributed by atoms with van der Waals surface area (Å²) in [4.78, 5) is 24.9. The molecule has 2 aliphatic rings. The lowest BCUT2D eigenvalue weighted by atomic mass is 9.51. The number of ether oxygens (including phenoxy) is 1. The van der Waals surface area contributed by atoms with Gasteiger partial charge in [-0.2, -0.15) is 0 Å². The van der Waals surface area contributed by atoms with Crippen molar-refractivity contribution in [3.05, 3.63) is 46.7 Å². The lowest BCUT2D eigenvalue weighted by Gasteiger charge is -2.50. The van der Waals surface area contributed by atoms with Crippen molar-refractivity contribution >= 4 is 11.6 Å². The van der Waals surface area contributed by atoms with E-state index in [2.05, 4.69) is 39.0 Å². The second-order valence-corrected chi connectivity index (χ2v) is 6.65. The Kier molecular flexibility index (Phi) is 4.13. The van der Waals surface area contributed by atoms with Crippen LogP contribution in [0.2, 0.25) is 0 Å². The molecule has 4 atom stereocenters. The Morgan fingerprint density at radius 3 is 2.30 bits per heavy atom. The molecule has 1 aromatic carbocycles. The maximum absolute atomic E-state index is 12.6. The molecule has 3 rings (SSSR count). The van der Waals surface area contributed by atoms with Crippen molar-refractivity contribution in [1.82, 2.24) is 0 Å². The number of carbonyl (C=O) groups is 2. The molecule has 1 aromatic rings. The Balaban J connectivity index is 1.97. The van der Waals surface area contributed by atoms with Crippen LogP contribution in [0.4, 0.5) is 0 Å². The SMILES string of the molecule is CCc1ccc([C@H]2C3C(=O)C(OC)=CC(=O)C3[C@@H]2C)cc1CC. The number of methoxy groups -OCH3 is 1. The summed E-state index contributed by atoms with van der Waals surface area (Å²) >= 11 is 0. The molecule has 23 heavy (non-hydrogen) atoms. The number of aryl methyl sites for hydroxylation is 2.